The molecule has 5 nitrogen and oxygen atoms in total. The highest BCUT2D eigenvalue weighted by Crippen LogP contribution is 2.20. The number of ether oxygens (including phenoxy) is 1. The molecule has 2 rings (SSSR count). The lowest BCUT2D eigenvalue weighted by molar-refractivity contribution is -0.123. The number of halogens is 3. The van der Waals surface area contributed by atoms with Gasteiger partial charge in [-0.15, -0.1) is 0 Å². The second-order valence-electron chi connectivity index (χ2n) is 5.94. The van der Waals surface area contributed by atoms with E-state index >= 15 is 0 Å². The van der Waals surface area contributed by atoms with E-state index in [1.54, 1.807) is 30.3 Å². The Bertz CT molecular complexity index is 915. The number of nitrogens with one attached hydrogen (secondary N) is 2. The number of amides is 2. The molecule has 0 bridgehead atoms. The van der Waals surface area contributed by atoms with Gasteiger partial charge in [0.2, 0.25) is 5.91 Å². The summed E-state index contributed by atoms with van der Waals surface area (Å²) in [6.07, 6.45) is 3.38. The number of rotatable bonds is 9. The summed E-state index contributed by atoms with van der Waals surface area (Å²) in [7, 11) is 0. The lowest BCUT2D eigenvalue weighted by Gasteiger charge is -2.09. The third kappa shape index (κ3) is 8.37. The van der Waals surface area contributed by atoms with Gasteiger partial charge >= 0.3 is 0 Å². The fraction of sp³-hybridized carbons (Fsp3) is 0.143. The van der Waals surface area contributed by atoms with Crippen molar-refractivity contribution in [1.29, 1.82) is 0 Å². The molecular weight excluding hydrogens is 418 g/mol. The van der Waals surface area contributed by atoms with Crippen molar-refractivity contribution in [2.45, 2.75) is 6.42 Å². The number of hydrogen-bond acceptors (Lipinski definition) is 3. The van der Waals surface area contributed by atoms with Gasteiger partial charge in [-0.2, -0.15) is 0 Å². The number of benzene rings is 2. The average Bonchev–Trinajstić information content (AvgIpc) is 2.68. The van der Waals surface area contributed by atoms with E-state index in [9.17, 15) is 14.0 Å². The predicted molar refractivity (Wildman–Crippen MR) is 112 cm³/mol. The quantitative estimate of drug-likeness (QED) is 0.573. The highest BCUT2D eigenvalue weighted by Gasteiger charge is 2.06. The van der Waals surface area contributed by atoms with E-state index in [1.807, 2.05) is 0 Å². The number of carbonyl (C=O) groups is 2. The molecule has 0 saturated carbocycles. The van der Waals surface area contributed by atoms with Gasteiger partial charge in [0.25, 0.3) is 5.91 Å². The molecule has 0 aliphatic heterocycles. The molecule has 0 saturated heterocycles. The van der Waals surface area contributed by atoms with Crippen molar-refractivity contribution in [3.05, 3.63) is 82.2 Å². The standard InChI is InChI=1S/C21H19Cl2FN2O3/c1-14(26-20(27)9-4-15-2-5-16(22)6-3-15)10-11-25-21(28)13-29-17-7-8-18(23)19(24)12-17/h2-9,12H,1,10-11,13H2,(H,25,28)(H,26,27)/b9-4+. The summed E-state index contributed by atoms with van der Waals surface area (Å²) in [5, 5.41) is 5.84. The molecule has 2 aromatic carbocycles. The van der Waals surface area contributed by atoms with Crippen LogP contribution in [0.15, 0.2) is 60.8 Å². The maximum absolute atomic E-state index is 13.3. The van der Waals surface area contributed by atoms with Crippen LogP contribution in [0.2, 0.25) is 10.0 Å². The summed E-state index contributed by atoms with van der Waals surface area (Å²) >= 11 is 11.4. The highest BCUT2D eigenvalue weighted by atomic mass is 35.5. The summed E-state index contributed by atoms with van der Waals surface area (Å²) in [5.74, 6) is -1.14. The van der Waals surface area contributed by atoms with Gasteiger partial charge in [-0.1, -0.05) is 41.9 Å². The van der Waals surface area contributed by atoms with Crippen LogP contribution < -0.4 is 15.4 Å². The topological polar surface area (TPSA) is 67.4 Å². The van der Waals surface area contributed by atoms with E-state index in [4.69, 9.17) is 27.9 Å². The van der Waals surface area contributed by atoms with Crippen LogP contribution >= 0.6 is 23.2 Å². The molecule has 0 atom stereocenters. The molecule has 2 amide bonds. The van der Waals surface area contributed by atoms with E-state index < -0.39 is 5.82 Å². The maximum atomic E-state index is 13.3. The van der Waals surface area contributed by atoms with Crippen LogP contribution in [0.4, 0.5) is 4.39 Å². The van der Waals surface area contributed by atoms with Crippen LogP contribution in [0, 0.1) is 5.82 Å². The van der Waals surface area contributed by atoms with E-state index in [1.165, 1.54) is 18.2 Å². The van der Waals surface area contributed by atoms with Gasteiger partial charge in [0.05, 0.1) is 5.02 Å². The summed E-state index contributed by atoms with van der Waals surface area (Å²) in [6, 6.07) is 11.0. The Morgan fingerprint density at radius 1 is 1.14 bits per heavy atom. The molecule has 0 fully saturated rings. The first-order valence-electron chi connectivity index (χ1n) is 8.60. The van der Waals surface area contributed by atoms with Crippen molar-refractivity contribution >= 4 is 41.1 Å². The van der Waals surface area contributed by atoms with Crippen molar-refractivity contribution in [3.8, 4) is 5.75 Å². The molecule has 0 aliphatic carbocycles. The Morgan fingerprint density at radius 3 is 2.55 bits per heavy atom. The molecule has 0 aliphatic rings. The maximum Gasteiger partial charge on any atom is 0.257 e. The summed E-state index contributed by atoms with van der Waals surface area (Å²) in [5.41, 5.74) is 1.29. The number of carbonyl (C=O) groups excluding carboxylic acids is 2. The van der Waals surface area contributed by atoms with E-state index in [0.29, 0.717) is 17.1 Å². The first-order chi connectivity index (χ1) is 13.8. The fourth-order valence-corrected chi connectivity index (χ4v) is 2.39. The van der Waals surface area contributed by atoms with Crippen LogP contribution in [0.25, 0.3) is 6.08 Å². The summed E-state index contributed by atoms with van der Waals surface area (Å²) in [6.45, 7) is 3.74. The second-order valence-corrected chi connectivity index (χ2v) is 6.79. The van der Waals surface area contributed by atoms with Crippen molar-refractivity contribution in [2.75, 3.05) is 13.2 Å². The molecule has 0 heterocycles. The summed E-state index contributed by atoms with van der Waals surface area (Å²) in [4.78, 5) is 23.6. The van der Waals surface area contributed by atoms with Gasteiger partial charge in [0.15, 0.2) is 6.61 Å². The Labute approximate surface area is 178 Å². The minimum atomic E-state index is -0.623. The van der Waals surface area contributed by atoms with Crippen LogP contribution in [-0.2, 0) is 9.59 Å². The second kappa shape index (κ2) is 11.2. The van der Waals surface area contributed by atoms with E-state index in [-0.39, 0.29) is 35.7 Å². The van der Waals surface area contributed by atoms with Gasteiger partial charge in [0, 0.05) is 35.8 Å². The van der Waals surface area contributed by atoms with Crippen LogP contribution in [-0.4, -0.2) is 25.0 Å². The lowest BCUT2D eigenvalue weighted by Crippen LogP contribution is -2.31. The van der Waals surface area contributed by atoms with Gasteiger partial charge in [0.1, 0.15) is 11.6 Å². The Morgan fingerprint density at radius 2 is 1.86 bits per heavy atom. The van der Waals surface area contributed by atoms with Gasteiger partial charge in [-0.05, 0) is 35.9 Å². The molecular formula is C21H19Cl2FN2O3. The molecule has 8 heteroatoms. The average molecular weight is 437 g/mol. The van der Waals surface area contributed by atoms with Gasteiger partial charge in [-0.25, -0.2) is 4.39 Å². The van der Waals surface area contributed by atoms with E-state index in [0.717, 1.165) is 11.6 Å². The van der Waals surface area contributed by atoms with Crippen LogP contribution in [0.3, 0.4) is 0 Å². The third-order valence-corrected chi connectivity index (χ3v) is 4.17. The smallest absolute Gasteiger partial charge is 0.257 e. The Balaban J connectivity index is 1.65. The van der Waals surface area contributed by atoms with Crippen LogP contribution in [0.5, 0.6) is 5.75 Å². The normalized spacial score (nSPS) is 10.6. The van der Waals surface area contributed by atoms with Crippen molar-refractivity contribution < 1.29 is 18.7 Å². The molecule has 29 heavy (non-hydrogen) atoms. The van der Waals surface area contributed by atoms with Crippen molar-refractivity contribution in [3.63, 3.8) is 0 Å². The minimum Gasteiger partial charge on any atom is -0.484 e. The van der Waals surface area contributed by atoms with E-state index in [2.05, 4.69) is 17.2 Å². The predicted octanol–water partition coefficient (Wildman–Crippen LogP) is 4.36. The largest absolute Gasteiger partial charge is 0.484 e. The van der Waals surface area contributed by atoms with Gasteiger partial charge < -0.3 is 15.4 Å². The first-order valence-corrected chi connectivity index (χ1v) is 9.36. The SMILES string of the molecule is C=C(CCNC(=O)COc1ccc(Cl)c(F)c1)NC(=O)/C=C/c1ccc(Cl)cc1. The van der Waals surface area contributed by atoms with Gasteiger partial charge in [-0.3, -0.25) is 9.59 Å². The zero-order valence-electron chi connectivity index (χ0n) is 15.4. The zero-order chi connectivity index (χ0) is 21.2. The molecule has 0 unspecified atom stereocenters. The van der Waals surface area contributed by atoms with Crippen molar-refractivity contribution in [2.24, 2.45) is 0 Å². The van der Waals surface area contributed by atoms with Crippen molar-refractivity contribution in [1.82, 2.24) is 10.6 Å². The molecule has 0 aromatic heterocycles. The highest BCUT2D eigenvalue weighted by molar-refractivity contribution is 6.31. The number of hydrogen-bond donors (Lipinski definition) is 2. The minimum absolute atomic E-state index is 0.0228. The molecule has 2 N–H and O–H groups in total. The zero-order valence-corrected chi connectivity index (χ0v) is 16.9. The Hall–Kier alpha value is -2.83. The monoisotopic (exact) mass is 436 g/mol. The van der Waals surface area contributed by atoms with Crippen LogP contribution in [0.1, 0.15) is 12.0 Å². The molecule has 152 valence electrons. The third-order valence-electron chi connectivity index (χ3n) is 3.61. The lowest BCUT2D eigenvalue weighted by atomic mass is 10.2. The Kier molecular flexibility index (Phi) is 8.70. The molecule has 2 aromatic rings. The first kappa shape index (κ1) is 22.5. The summed E-state index contributed by atoms with van der Waals surface area (Å²) < 4.78 is 18.5. The molecule has 0 spiro atoms. The fourth-order valence-electron chi connectivity index (χ4n) is 2.14. The molecule has 0 radical (unpaired) electrons.